The molecule has 1 aliphatic rings. The van der Waals surface area contributed by atoms with Crippen molar-refractivity contribution in [2.45, 2.75) is 43.5 Å². The van der Waals surface area contributed by atoms with E-state index >= 15 is 0 Å². The molecule has 1 amide bonds. The number of fused-ring (bicyclic) bond motifs is 1. The molecule has 1 aliphatic heterocycles. The van der Waals surface area contributed by atoms with Gasteiger partial charge in [0.05, 0.1) is 32.0 Å². The number of benzene rings is 2. The van der Waals surface area contributed by atoms with Crippen LogP contribution in [0.3, 0.4) is 0 Å². The molecule has 32 heavy (non-hydrogen) atoms. The lowest BCUT2D eigenvalue weighted by Crippen LogP contribution is -2.42. The van der Waals surface area contributed by atoms with Crippen LogP contribution in [0.15, 0.2) is 41.3 Å². The number of para-hydroxylation sites is 1. The van der Waals surface area contributed by atoms with Gasteiger partial charge >= 0.3 is 5.97 Å². The first-order valence-corrected chi connectivity index (χ1v) is 11.5. The summed E-state index contributed by atoms with van der Waals surface area (Å²) >= 11 is 0. The molecular formula is C22H26N2O7S. The van der Waals surface area contributed by atoms with Crippen LogP contribution in [0.5, 0.6) is 11.5 Å². The number of carbonyl (C=O) groups is 2. The first-order chi connectivity index (χ1) is 15.2. The van der Waals surface area contributed by atoms with E-state index in [-0.39, 0.29) is 41.0 Å². The zero-order valence-corrected chi connectivity index (χ0v) is 18.9. The second-order valence-corrected chi connectivity index (χ2v) is 9.25. The number of sulfonamides is 1. The van der Waals surface area contributed by atoms with Crippen LogP contribution in [0.4, 0.5) is 11.4 Å². The largest absolute Gasteiger partial charge is 0.495 e. The summed E-state index contributed by atoms with van der Waals surface area (Å²) in [6.07, 6.45) is 0.822. The van der Waals surface area contributed by atoms with E-state index in [0.29, 0.717) is 12.1 Å². The third-order valence-electron chi connectivity index (χ3n) is 5.32. The van der Waals surface area contributed by atoms with E-state index in [1.54, 1.807) is 12.1 Å². The van der Waals surface area contributed by atoms with Gasteiger partial charge in [-0.3, -0.25) is 13.9 Å². The van der Waals surface area contributed by atoms with Crippen molar-refractivity contribution in [3.8, 4) is 11.5 Å². The summed E-state index contributed by atoms with van der Waals surface area (Å²) in [5, 5.41) is 11.3. The van der Waals surface area contributed by atoms with E-state index < -0.39 is 21.9 Å². The normalized spacial score (nSPS) is 15.6. The van der Waals surface area contributed by atoms with Crippen molar-refractivity contribution >= 4 is 33.3 Å². The number of carboxylic acid groups (broad SMARTS) is 1. The lowest BCUT2D eigenvalue weighted by Gasteiger charge is -2.36. The van der Waals surface area contributed by atoms with Gasteiger partial charge in [-0.1, -0.05) is 18.2 Å². The molecule has 2 aromatic rings. The SMILES string of the molecule is COc1cc(OC)c(S(=O)(=O)N2c3ccccc3CCC2C)cc1NC(=O)CCC(=O)O. The lowest BCUT2D eigenvalue weighted by molar-refractivity contribution is -0.138. The van der Waals surface area contributed by atoms with Crippen molar-refractivity contribution < 1.29 is 32.6 Å². The zero-order valence-electron chi connectivity index (χ0n) is 18.1. The molecule has 2 aromatic carbocycles. The number of nitrogens with zero attached hydrogens (tertiary/aromatic N) is 1. The molecule has 1 unspecified atom stereocenters. The number of methoxy groups -OCH3 is 2. The Balaban J connectivity index is 2.08. The number of nitrogens with one attached hydrogen (secondary N) is 1. The number of carbonyl (C=O) groups excluding carboxylic acids is 1. The third-order valence-corrected chi connectivity index (χ3v) is 7.27. The molecule has 0 saturated heterocycles. The first kappa shape index (κ1) is 23.4. The van der Waals surface area contributed by atoms with Crippen molar-refractivity contribution in [2.75, 3.05) is 23.8 Å². The van der Waals surface area contributed by atoms with Gasteiger partial charge < -0.3 is 19.9 Å². The monoisotopic (exact) mass is 462 g/mol. The smallest absolute Gasteiger partial charge is 0.303 e. The van der Waals surface area contributed by atoms with Gasteiger partial charge in [-0.2, -0.15) is 0 Å². The second-order valence-electron chi connectivity index (χ2n) is 7.46. The van der Waals surface area contributed by atoms with Crippen LogP contribution in [-0.2, 0) is 26.0 Å². The van der Waals surface area contributed by atoms with E-state index in [9.17, 15) is 18.0 Å². The second kappa shape index (κ2) is 9.47. The van der Waals surface area contributed by atoms with Crippen molar-refractivity contribution in [3.05, 3.63) is 42.0 Å². The number of amides is 1. The van der Waals surface area contributed by atoms with Gasteiger partial charge in [0.25, 0.3) is 10.0 Å². The maximum Gasteiger partial charge on any atom is 0.303 e. The number of rotatable bonds is 8. The van der Waals surface area contributed by atoms with Gasteiger partial charge in [-0.15, -0.1) is 0 Å². The van der Waals surface area contributed by atoms with Crippen LogP contribution >= 0.6 is 0 Å². The van der Waals surface area contributed by atoms with Crippen molar-refractivity contribution in [3.63, 3.8) is 0 Å². The van der Waals surface area contributed by atoms with E-state index in [1.165, 1.54) is 30.7 Å². The summed E-state index contributed by atoms with van der Waals surface area (Å²) in [5.74, 6) is -1.42. The molecule has 0 aromatic heterocycles. The lowest BCUT2D eigenvalue weighted by atomic mass is 9.99. The minimum Gasteiger partial charge on any atom is -0.495 e. The van der Waals surface area contributed by atoms with Gasteiger partial charge in [0, 0.05) is 18.5 Å². The number of hydrogen-bond acceptors (Lipinski definition) is 6. The maximum atomic E-state index is 13.8. The molecule has 0 saturated carbocycles. The van der Waals surface area contributed by atoms with Crippen LogP contribution < -0.4 is 19.1 Å². The van der Waals surface area contributed by atoms with E-state index in [2.05, 4.69) is 5.32 Å². The Bertz CT molecular complexity index is 1130. The highest BCUT2D eigenvalue weighted by molar-refractivity contribution is 7.93. The first-order valence-electron chi connectivity index (χ1n) is 10.1. The third kappa shape index (κ3) is 4.64. The number of aliphatic carboxylic acids is 1. The molecule has 9 nitrogen and oxygen atoms in total. The van der Waals surface area contributed by atoms with E-state index in [1.807, 2.05) is 19.1 Å². The fraction of sp³-hybridized carbons (Fsp3) is 0.364. The molecule has 172 valence electrons. The summed E-state index contributed by atoms with van der Waals surface area (Å²) in [6.45, 7) is 1.85. The Morgan fingerprint density at radius 3 is 2.47 bits per heavy atom. The van der Waals surface area contributed by atoms with Crippen LogP contribution in [0, 0.1) is 0 Å². The molecule has 0 radical (unpaired) electrons. The Labute approximate surface area is 187 Å². The number of aryl methyl sites for hydroxylation is 1. The Kier molecular flexibility index (Phi) is 6.93. The van der Waals surface area contributed by atoms with Crippen molar-refractivity contribution in [1.29, 1.82) is 0 Å². The van der Waals surface area contributed by atoms with Gasteiger partial charge in [-0.25, -0.2) is 8.42 Å². The summed E-state index contributed by atoms with van der Waals surface area (Å²) in [7, 11) is -1.34. The van der Waals surface area contributed by atoms with Gasteiger partial charge in [-0.05, 0) is 37.5 Å². The number of ether oxygens (including phenoxy) is 2. The standard InChI is InChI=1S/C22H26N2O7S/c1-14-8-9-15-6-4-5-7-17(15)24(14)32(28,29)20-12-16(18(30-2)13-19(20)31-3)23-21(25)10-11-22(26)27/h4-7,12-14H,8-11H2,1-3H3,(H,23,25)(H,26,27). The molecule has 0 bridgehead atoms. The summed E-state index contributed by atoms with van der Waals surface area (Å²) in [6, 6.07) is 9.73. The van der Waals surface area contributed by atoms with Crippen LogP contribution in [0.2, 0.25) is 0 Å². The molecule has 0 spiro atoms. The van der Waals surface area contributed by atoms with Crippen LogP contribution in [0.1, 0.15) is 31.7 Å². The van der Waals surface area contributed by atoms with Gasteiger partial charge in [0.2, 0.25) is 5.91 Å². The minimum atomic E-state index is -4.07. The van der Waals surface area contributed by atoms with Gasteiger partial charge in [0.1, 0.15) is 16.4 Å². The van der Waals surface area contributed by atoms with Crippen molar-refractivity contribution in [2.24, 2.45) is 0 Å². The average molecular weight is 463 g/mol. The number of anilines is 2. The average Bonchev–Trinajstić information content (AvgIpc) is 2.77. The fourth-order valence-corrected chi connectivity index (χ4v) is 5.62. The Morgan fingerprint density at radius 1 is 1.12 bits per heavy atom. The molecule has 2 N–H and O–H groups in total. The Hall–Kier alpha value is -3.27. The number of hydrogen-bond donors (Lipinski definition) is 2. The van der Waals surface area contributed by atoms with Gasteiger partial charge in [0.15, 0.2) is 0 Å². The fourth-order valence-electron chi connectivity index (χ4n) is 3.73. The highest BCUT2D eigenvalue weighted by Gasteiger charge is 2.36. The number of carboxylic acids is 1. The summed E-state index contributed by atoms with van der Waals surface area (Å²) < 4.78 is 39.6. The molecule has 0 aliphatic carbocycles. The van der Waals surface area contributed by atoms with E-state index in [0.717, 1.165) is 12.0 Å². The highest BCUT2D eigenvalue weighted by atomic mass is 32.2. The highest BCUT2D eigenvalue weighted by Crippen LogP contribution is 2.41. The summed E-state index contributed by atoms with van der Waals surface area (Å²) in [5.41, 5.74) is 1.65. The van der Waals surface area contributed by atoms with Crippen LogP contribution in [0.25, 0.3) is 0 Å². The molecular weight excluding hydrogens is 436 g/mol. The maximum absolute atomic E-state index is 13.8. The zero-order chi connectivity index (χ0) is 23.5. The predicted octanol–water partition coefficient (Wildman–Crippen LogP) is 3.04. The molecule has 3 rings (SSSR count). The minimum absolute atomic E-state index is 0.0700. The topological polar surface area (TPSA) is 122 Å². The quantitative estimate of drug-likeness (QED) is 0.618. The molecule has 0 fully saturated rings. The Morgan fingerprint density at radius 2 is 1.81 bits per heavy atom. The van der Waals surface area contributed by atoms with Crippen molar-refractivity contribution in [1.82, 2.24) is 0 Å². The molecule has 1 heterocycles. The summed E-state index contributed by atoms with van der Waals surface area (Å²) in [4.78, 5) is 22.8. The molecule has 10 heteroatoms. The molecule has 1 atom stereocenters. The van der Waals surface area contributed by atoms with Crippen LogP contribution in [-0.4, -0.2) is 45.7 Å². The van der Waals surface area contributed by atoms with E-state index in [4.69, 9.17) is 14.6 Å². The predicted molar refractivity (Wildman–Crippen MR) is 119 cm³/mol.